The molecule has 3 aromatic rings. The van der Waals surface area contributed by atoms with E-state index in [1.807, 2.05) is 37.3 Å². The maximum absolute atomic E-state index is 5.90. The molecule has 1 N–H and O–H groups in total. The Morgan fingerprint density at radius 1 is 1.12 bits per heavy atom. The van der Waals surface area contributed by atoms with Crippen LogP contribution in [0.25, 0.3) is 10.9 Å². The van der Waals surface area contributed by atoms with E-state index < -0.39 is 0 Å². The summed E-state index contributed by atoms with van der Waals surface area (Å²) in [6, 6.07) is 9.48. The maximum Gasteiger partial charge on any atom is 0.204 e. The summed E-state index contributed by atoms with van der Waals surface area (Å²) in [5, 5.41) is 4.07. The molecule has 0 unspecified atom stereocenters. The predicted octanol–water partition coefficient (Wildman–Crippen LogP) is 3.55. The number of aromatic nitrogens is 2. The van der Waals surface area contributed by atoms with E-state index >= 15 is 0 Å². The van der Waals surface area contributed by atoms with Gasteiger partial charge in [0.1, 0.15) is 31.1 Å². The van der Waals surface area contributed by atoms with Gasteiger partial charge in [0, 0.05) is 17.8 Å². The number of benzene rings is 2. The summed E-state index contributed by atoms with van der Waals surface area (Å²) in [7, 11) is 1.63. The van der Waals surface area contributed by atoms with Crippen molar-refractivity contribution in [3.8, 4) is 23.0 Å². The molecular formula is C19H19N3O4. The molecule has 0 aliphatic carbocycles. The first-order valence-corrected chi connectivity index (χ1v) is 8.41. The summed E-state index contributed by atoms with van der Waals surface area (Å²) in [5.74, 6) is 3.21. The first-order chi connectivity index (χ1) is 12.8. The summed E-state index contributed by atoms with van der Waals surface area (Å²) in [5.41, 5.74) is 1.57. The molecule has 2 heterocycles. The Bertz CT molecular complexity index is 945. The Balaban J connectivity index is 1.85. The molecule has 0 fully saturated rings. The second kappa shape index (κ2) is 6.95. The van der Waals surface area contributed by atoms with Gasteiger partial charge in [0.2, 0.25) is 5.75 Å². The number of methoxy groups -OCH3 is 1. The Hall–Kier alpha value is -3.22. The molecule has 0 amide bonds. The van der Waals surface area contributed by atoms with Crippen LogP contribution in [0.5, 0.6) is 23.0 Å². The third-order valence-corrected chi connectivity index (χ3v) is 4.01. The van der Waals surface area contributed by atoms with Crippen LogP contribution in [-0.2, 0) is 0 Å². The van der Waals surface area contributed by atoms with Crippen LogP contribution in [0.1, 0.15) is 6.92 Å². The molecule has 1 aliphatic rings. The normalized spacial score (nSPS) is 12.7. The summed E-state index contributed by atoms with van der Waals surface area (Å²) < 4.78 is 22.7. The van der Waals surface area contributed by atoms with Crippen LogP contribution in [0.15, 0.2) is 36.7 Å². The zero-order chi connectivity index (χ0) is 17.9. The van der Waals surface area contributed by atoms with E-state index in [1.54, 1.807) is 7.11 Å². The maximum atomic E-state index is 5.90. The van der Waals surface area contributed by atoms with Crippen molar-refractivity contribution in [1.82, 2.24) is 9.97 Å². The van der Waals surface area contributed by atoms with Crippen molar-refractivity contribution < 1.29 is 18.9 Å². The van der Waals surface area contributed by atoms with Crippen molar-refractivity contribution in [2.75, 3.05) is 32.2 Å². The zero-order valence-electron chi connectivity index (χ0n) is 14.6. The second-order valence-corrected chi connectivity index (χ2v) is 5.64. The van der Waals surface area contributed by atoms with Crippen molar-refractivity contribution in [2.45, 2.75) is 6.92 Å². The lowest BCUT2D eigenvalue weighted by Gasteiger charge is -2.23. The third kappa shape index (κ3) is 2.92. The number of nitrogens with zero attached hydrogens (tertiary/aromatic N) is 2. The first-order valence-electron chi connectivity index (χ1n) is 8.41. The number of nitrogens with one attached hydrogen (secondary N) is 1. The molecule has 0 saturated heterocycles. The highest BCUT2D eigenvalue weighted by Gasteiger charge is 2.24. The van der Waals surface area contributed by atoms with Gasteiger partial charge in [-0.05, 0) is 19.1 Å². The zero-order valence-corrected chi connectivity index (χ0v) is 14.6. The quantitative estimate of drug-likeness (QED) is 0.752. The SMILES string of the molecule is CCOc1cc2ncnc(Nc3cccc(OC)c3)c2c2c1OCCO2. The minimum atomic E-state index is 0.463. The molecule has 4 rings (SSSR count). The molecule has 0 bridgehead atoms. The van der Waals surface area contributed by atoms with Crippen LogP contribution in [-0.4, -0.2) is 36.9 Å². The predicted molar refractivity (Wildman–Crippen MR) is 98.0 cm³/mol. The van der Waals surface area contributed by atoms with Gasteiger partial charge < -0.3 is 24.3 Å². The number of hydrogen-bond acceptors (Lipinski definition) is 7. The van der Waals surface area contributed by atoms with E-state index in [1.165, 1.54) is 6.33 Å². The molecule has 1 aliphatic heterocycles. The van der Waals surface area contributed by atoms with E-state index in [9.17, 15) is 0 Å². The molecule has 7 heteroatoms. The number of fused-ring (bicyclic) bond motifs is 3. The van der Waals surface area contributed by atoms with Crippen molar-refractivity contribution in [2.24, 2.45) is 0 Å². The summed E-state index contributed by atoms with van der Waals surface area (Å²) in [4.78, 5) is 8.78. The molecule has 134 valence electrons. The topological polar surface area (TPSA) is 74.7 Å². The molecule has 2 aromatic carbocycles. The van der Waals surface area contributed by atoms with Gasteiger partial charge >= 0.3 is 0 Å². The van der Waals surface area contributed by atoms with Gasteiger partial charge in [-0.1, -0.05) is 6.07 Å². The highest BCUT2D eigenvalue weighted by atomic mass is 16.6. The molecule has 0 saturated carbocycles. The summed E-state index contributed by atoms with van der Waals surface area (Å²) >= 11 is 0. The number of ether oxygens (including phenoxy) is 4. The third-order valence-electron chi connectivity index (χ3n) is 4.01. The fourth-order valence-electron chi connectivity index (χ4n) is 2.90. The highest BCUT2D eigenvalue weighted by molar-refractivity contribution is 5.99. The van der Waals surface area contributed by atoms with Crippen LogP contribution < -0.4 is 24.3 Å². The van der Waals surface area contributed by atoms with Crippen molar-refractivity contribution in [3.05, 3.63) is 36.7 Å². The molecule has 0 radical (unpaired) electrons. The van der Waals surface area contributed by atoms with Crippen molar-refractivity contribution in [3.63, 3.8) is 0 Å². The molecule has 0 atom stereocenters. The van der Waals surface area contributed by atoms with Crippen LogP contribution in [0.3, 0.4) is 0 Å². The van der Waals surface area contributed by atoms with Crippen LogP contribution >= 0.6 is 0 Å². The van der Waals surface area contributed by atoms with Crippen molar-refractivity contribution >= 4 is 22.4 Å². The molecule has 7 nitrogen and oxygen atoms in total. The number of hydrogen-bond donors (Lipinski definition) is 1. The van der Waals surface area contributed by atoms with Gasteiger partial charge in [0.15, 0.2) is 11.5 Å². The van der Waals surface area contributed by atoms with E-state index in [0.717, 1.165) is 22.3 Å². The second-order valence-electron chi connectivity index (χ2n) is 5.64. The Morgan fingerprint density at radius 3 is 2.77 bits per heavy atom. The van der Waals surface area contributed by atoms with E-state index in [0.29, 0.717) is 42.9 Å². The highest BCUT2D eigenvalue weighted by Crippen LogP contribution is 2.47. The van der Waals surface area contributed by atoms with E-state index in [-0.39, 0.29) is 0 Å². The standard InChI is InChI=1S/C19H19N3O4/c1-3-24-15-10-14-16(18-17(15)25-7-8-26-18)19(21-11-20-14)22-12-5-4-6-13(9-12)23-2/h4-6,9-11H,3,7-8H2,1-2H3,(H,20,21,22). The minimum absolute atomic E-state index is 0.463. The smallest absolute Gasteiger partial charge is 0.204 e. The molecule has 1 aromatic heterocycles. The van der Waals surface area contributed by atoms with E-state index in [2.05, 4.69) is 15.3 Å². The Kier molecular flexibility index (Phi) is 4.35. The Morgan fingerprint density at radius 2 is 1.96 bits per heavy atom. The molecular weight excluding hydrogens is 334 g/mol. The lowest BCUT2D eigenvalue weighted by Crippen LogP contribution is -2.17. The number of anilines is 2. The van der Waals surface area contributed by atoms with E-state index in [4.69, 9.17) is 18.9 Å². The average Bonchev–Trinajstić information content (AvgIpc) is 2.68. The first kappa shape index (κ1) is 16.3. The van der Waals surface area contributed by atoms with Gasteiger partial charge in [-0.2, -0.15) is 0 Å². The van der Waals surface area contributed by atoms with Gasteiger partial charge in [-0.15, -0.1) is 0 Å². The fourth-order valence-corrected chi connectivity index (χ4v) is 2.90. The summed E-state index contributed by atoms with van der Waals surface area (Å²) in [6.45, 7) is 3.40. The van der Waals surface area contributed by atoms with Crippen LogP contribution in [0.4, 0.5) is 11.5 Å². The van der Waals surface area contributed by atoms with Gasteiger partial charge in [-0.3, -0.25) is 0 Å². The average molecular weight is 353 g/mol. The lowest BCUT2D eigenvalue weighted by molar-refractivity contribution is 0.165. The van der Waals surface area contributed by atoms with Gasteiger partial charge in [-0.25, -0.2) is 9.97 Å². The number of rotatable bonds is 5. The largest absolute Gasteiger partial charge is 0.497 e. The van der Waals surface area contributed by atoms with Crippen molar-refractivity contribution in [1.29, 1.82) is 0 Å². The van der Waals surface area contributed by atoms with Gasteiger partial charge in [0.25, 0.3) is 0 Å². The van der Waals surface area contributed by atoms with Crippen LogP contribution in [0, 0.1) is 0 Å². The lowest BCUT2D eigenvalue weighted by atomic mass is 10.1. The van der Waals surface area contributed by atoms with Crippen LogP contribution in [0.2, 0.25) is 0 Å². The Labute approximate surface area is 150 Å². The van der Waals surface area contributed by atoms with Gasteiger partial charge in [0.05, 0.1) is 24.6 Å². The molecule has 0 spiro atoms. The summed E-state index contributed by atoms with van der Waals surface area (Å²) in [6.07, 6.45) is 1.51. The fraction of sp³-hybridized carbons (Fsp3) is 0.263. The minimum Gasteiger partial charge on any atom is -0.497 e. The molecule has 26 heavy (non-hydrogen) atoms. The monoisotopic (exact) mass is 353 g/mol.